The maximum atomic E-state index is 11.6. The first-order chi connectivity index (χ1) is 11.1. The largest absolute Gasteiger partial charge is 0.350 e. The molecule has 23 heavy (non-hydrogen) atoms. The van der Waals surface area contributed by atoms with Crippen LogP contribution in [0.25, 0.3) is 16.9 Å². The van der Waals surface area contributed by atoms with E-state index in [1.54, 1.807) is 35.7 Å². The predicted molar refractivity (Wildman–Crippen MR) is 90.6 cm³/mol. The van der Waals surface area contributed by atoms with Crippen LogP contribution in [0, 0.1) is 0 Å². The molecule has 0 radical (unpaired) electrons. The van der Waals surface area contributed by atoms with Crippen LogP contribution < -0.4 is 5.32 Å². The molecule has 0 fully saturated rings. The van der Waals surface area contributed by atoms with Crippen LogP contribution in [0.15, 0.2) is 36.4 Å². The summed E-state index contributed by atoms with van der Waals surface area (Å²) in [4.78, 5) is 16.2. The van der Waals surface area contributed by atoms with Crippen molar-refractivity contribution >= 4 is 34.8 Å². The first kappa shape index (κ1) is 15.8. The number of fused-ring (bicyclic) bond motifs is 1. The second kappa shape index (κ2) is 6.56. The molecule has 0 saturated carbocycles. The lowest BCUT2D eigenvalue weighted by Gasteiger charge is -2.06. The molecule has 0 aliphatic heterocycles. The summed E-state index contributed by atoms with van der Waals surface area (Å²) in [6, 6.07) is 10.9. The van der Waals surface area contributed by atoms with E-state index in [0.29, 0.717) is 28.8 Å². The fourth-order valence-corrected chi connectivity index (χ4v) is 2.53. The van der Waals surface area contributed by atoms with Gasteiger partial charge in [-0.25, -0.2) is 9.50 Å². The van der Waals surface area contributed by atoms with Crippen molar-refractivity contribution in [2.75, 3.05) is 0 Å². The maximum absolute atomic E-state index is 11.6. The van der Waals surface area contributed by atoms with Crippen molar-refractivity contribution < 1.29 is 4.79 Å². The van der Waals surface area contributed by atoms with Crippen LogP contribution in [0.1, 0.15) is 19.0 Å². The van der Waals surface area contributed by atoms with Crippen LogP contribution in [0.5, 0.6) is 0 Å². The standard InChI is InChI=1S/C16H14Cl2N4O/c1-2-15(23)19-9-12-16(10-3-5-11(17)6-4-10)20-14-8-7-13(18)21-22(12)14/h3-8H,2,9H2,1H3,(H,19,23). The van der Waals surface area contributed by atoms with Gasteiger partial charge in [-0.2, -0.15) is 5.10 Å². The number of nitrogens with one attached hydrogen (secondary N) is 1. The Bertz CT molecular complexity index is 858. The lowest BCUT2D eigenvalue weighted by molar-refractivity contribution is -0.120. The number of carbonyl (C=O) groups is 1. The van der Waals surface area contributed by atoms with Crippen molar-refractivity contribution in [1.29, 1.82) is 0 Å². The Morgan fingerprint density at radius 3 is 2.61 bits per heavy atom. The molecule has 2 heterocycles. The molecule has 118 valence electrons. The van der Waals surface area contributed by atoms with E-state index >= 15 is 0 Å². The number of benzene rings is 1. The first-order valence-electron chi connectivity index (χ1n) is 7.15. The molecule has 0 bridgehead atoms. The van der Waals surface area contributed by atoms with Gasteiger partial charge in [0.2, 0.25) is 5.91 Å². The average molecular weight is 349 g/mol. The highest BCUT2D eigenvalue weighted by molar-refractivity contribution is 6.30. The van der Waals surface area contributed by atoms with Crippen LogP contribution in [-0.4, -0.2) is 20.5 Å². The van der Waals surface area contributed by atoms with E-state index in [-0.39, 0.29) is 5.91 Å². The molecule has 5 nitrogen and oxygen atoms in total. The number of nitrogens with zero attached hydrogens (tertiary/aromatic N) is 3. The van der Waals surface area contributed by atoms with E-state index < -0.39 is 0 Å². The van der Waals surface area contributed by atoms with E-state index in [1.165, 1.54) is 0 Å². The van der Waals surface area contributed by atoms with Gasteiger partial charge in [-0.1, -0.05) is 42.3 Å². The van der Waals surface area contributed by atoms with Gasteiger partial charge in [0, 0.05) is 17.0 Å². The van der Waals surface area contributed by atoms with E-state index in [0.717, 1.165) is 17.0 Å². The molecule has 0 unspecified atom stereocenters. The van der Waals surface area contributed by atoms with Gasteiger partial charge in [-0.3, -0.25) is 4.79 Å². The monoisotopic (exact) mass is 348 g/mol. The molecule has 0 saturated heterocycles. The third kappa shape index (κ3) is 3.30. The van der Waals surface area contributed by atoms with Crippen LogP contribution in [0.3, 0.4) is 0 Å². The first-order valence-corrected chi connectivity index (χ1v) is 7.91. The maximum Gasteiger partial charge on any atom is 0.220 e. The van der Waals surface area contributed by atoms with E-state index in [4.69, 9.17) is 23.2 Å². The van der Waals surface area contributed by atoms with Crippen molar-refractivity contribution in [1.82, 2.24) is 19.9 Å². The summed E-state index contributed by atoms with van der Waals surface area (Å²) < 4.78 is 1.65. The topological polar surface area (TPSA) is 59.3 Å². The van der Waals surface area contributed by atoms with Crippen molar-refractivity contribution in [2.45, 2.75) is 19.9 Å². The van der Waals surface area contributed by atoms with Crippen LogP contribution in [0.4, 0.5) is 0 Å². The summed E-state index contributed by atoms with van der Waals surface area (Å²) in [6.07, 6.45) is 0.418. The number of carbonyl (C=O) groups excluding carboxylic acids is 1. The summed E-state index contributed by atoms with van der Waals surface area (Å²) in [5, 5.41) is 8.16. The Labute approximate surface area is 143 Å². The molecule has 0 aliphatic carbocycles. The minimum absolute atomic E-state index is 0.0379. The fourth-order valence-electron chi connectivity index (χ4n) is 2.26. The summed E-state index contributed by atoms with van der Waals surface area (Å²) in [7, 11) is 0. The van der Waals surface area contributed by atoms with E-state index in [1.807, 2.05) is 12.1 Å². The zero-order chi connectivity index (χ0) is 16.4. The number of halogens is 2. The fraction of sp³-hybridized carbons (Fsp3) is 0.188. The highest BCUT2D eigenvalue weighted by Gasteiger charge is 2.16. The highest BCUT2D eigenvalue weighted by Crippen LogP contribution is 2.26. The summed E-state index contributed by atoms with van der Waals surface area (Å²) >= 11 is 11.9. The van der Waals surface area contributed by atoms with E-state index in [2.05, 4.69) is 15.4 Å². The summed E-state index contributed by atoms with van der Waals surface area (Å²) in [5.74, 6) is -0.0379. The molecular weight excluding hydrogens is 335 g/mol. The van der Waals surface area contributed by atoms with Crippen molar-refractivity contribution in [3.05, 3.63) is 52.3 Å². The third-order valence-corrected chi connectivity index (χ3v) is 3.88. The highest BCUT2D eigenvalue weighted by atomic mass is 35.5. The molecule has 0 spiro atoms. The number of hydrogen-bond donors (Lipinski definition) is 1. The quantitative estimate of drug-likeness (QED) is 0.781. The second-order valence-electron chi connectivity index (χ2n) is 4.97. The van der Waals surface area contributed by atoms with Crippen molar-refractivity contribution in [3.8, 4) is 11.3 Å². The Kier molecular flexibility index (Phi) is 4.50. The van der Waals surface area contributed by atoms with Crippen molar-refractivity contribution in [2.24, 2.45) is 0 Å². The second-order valence-corrected chi connectivity index (χ2v) is 5.79. The Morgan fingerprint density at radius 1 is 1.17 bits per heavy atom. The van der Waals surface area contributed by atoms with Crippen molar-refractivity contribution in [3.63, 3.8) is 0 Å². The molecule has 0 aliphatic rings. The van der Waals surface area contributed by atoms with E-state index in [9.17, 15) is 4.79 Å². The zero-order valence-electron chi connectivity index (χ0n) is 12.4. The SMILES string of the molecule is CCC(=O)NCc1c(-c2ccc(Cl)cc2)nc2ccc(Cl)nn12. The number of imidazole rings is 1. The minimum atomic E-state index is -0.0379. The van der Waals surface area contributed by atoms with Gasteiger partial charge in [0.15, 0.2) is 5.65 Å². The molecule has 2 aromatic heterocycles. The molecule has 1 amide bonds. The minimum Gasteiger partial charge on any atom is -0.350 e. The lowest BCUT2D eigenvalue weighted by atomic mass is 10.1. The summed E-state index contributed by atoms with van der Waals surface area (Å²) in [5.41, 5.74) is 3.08. The number of rotatable bonds is 4. The van der Waals surface area contributed by atoms with Gasteiger partial charge in [-0.15, -0.1) is 0 Å². The van der Waals surface area contributed by atoms with Gasteiger partial charge in [0.05, 0.1) is 17.9 Å². The zero-order valence-corrected chi connectivity index (χ0v) is 13.9. The number of aromatic nitrogens is 3. The smallest absolute Gasteiger partial charge is 0.220 e. The normalized spacial score (nSPS) is 10.9. The molecule has 3 rings (SSSR count). The van der Waals surface area contributed by atoms with Crippen LogP contribution in [0.2, 0.25) is 10.2 Å². The van der Waals surface area contributed by atoms with Gasteiger partial charge in [-0.05, 0) is 24.3 Å². The Balaban J connectivity index is 2.11. The lowest BCUT2D eigenvalue weighted by Crippen LogP contribution is -2.23. The molecule has 3 aromatic rings. The van der Waals surface area contributed by atoms with Gasteiger partial charge in [0.1, 0.15) is 5.15 Å². The molecule has 7 heteroatoms. The average Bonchev–Trinajstić information content (AvgIpc) is 2.91. The Morgan fingerprint density at radius 2 is 1.91 bits per heavy atom. The van der Waals surface area contributed by atoms with Gasteiger partial charge < -0.3 is 5.32 Å². The number of amides is 1. The van der Waals surface area contributed by atoms with Gasteiger partial charge in [0.25, 0.3) is 0 Å². The van der Waals surface area contributed by atoms with Crippen LogP contribution in [-0.2, 0) is 11.3 Å². The van der Waals surface area contributed by atoms with Crippen LogP contribution >= 0.6 is 23.2 Å². The Hall–Kier alpha value is -2.11. The molecule has 0 atom stereocenters. The molecule has 1 aromatic carbocycles. The third-order valence-electron chi connectivity index (χ3n) is 3.43. The molecular formula is C16H14Cl2N4O. The summed E-state index contributed by atoms with van der Waals surface area (Å²) in [6.45, 7) is 2.12. The molecule has 1 N–H and O–H groups in total. The number of hydrogen-bond acceptors (Lipinski definition) is 3. The predicted octanol–water partition coefficient (Wildman–Crippen LogP) is 3.73. The van der Waals surface area contributed by atoms with Gasteiger partial charge >= 0.3 is 0 Å².